The van der Waals surface area contributed by atoms with E-state index < -0.39 is 42.7 Å². The second-order valence-corrected chi connectivity index (χ2v) is 9.66. The first kappa shape index (κ1) is 31.7. The number of alkyl halides is 7. The van der Waals surface area contributed by atoms with Crippen LogP contribution in [0, 0.1) is 0 Å². The van der Waals surface area contributed by atoms with Crippen LogP contribution < -0.4 is 14.4 Å². The van der Waals surface area contributed by atoms with Gasteiger partial charge in [0.1, 0.15) is 17.2 Å². The zero-order valence-corrected chi connectivity index (χ0v) is 22.9. The number of aryl methyl sites for hydroxylation is 1. The lowest BCUT2D eigenvalue weighted by Crippen LogP contribution is -2.33. The van der Waals surface area contributed by atoms with Gasteiger partial charge in [-0.25, -0.2) is 0 Å². The number of rotatable bonds is 12. The molecule has 0 saturated carbocycles. The summed E-state index contributed by atoms with van der Waals surface area (Å²) in [4.78, 5) is 1.56. The summed E-state index contributed by atoms with van der Waals surface area (Å²) in [6, 6.07) is 22.5. The predicted molar refractivity (Wildman–Crippen MR) is 148 cm³/mol. The largest absolute Gasteiger partial charge is 0.461 e. The molecule has 4 aromatic carbocycles. The van der Waals surface area contributed by atoms with Crippen LogP contribution >= 0.6 is 0 Å². The van der Waals surface area contributed by atoms with E-state index in [0.29, 0.717) is 22.7 Å². The average molecular weight is 608 g/mol. The third-order valence-corrected chi connectivity index (χ3v) is 6.60. The minimum atomic E-state index is -4.73. The van der Waals surface area contributed by atoms with Gasteiger partial charge in [0.25, 0.3) is 0 Å². The van der Waals surface area contributed by atoms with E-state index in [4.69, 9.17) is 4.74 Å². The molecule has 4 nitrogen and oxygen atoms in total. The highest BCUT2D eigenvalue weighted by atomic mass is 19.4. The maximum Gasteiger partial charge on any atom is 0.461 e. The van der Waals surface area contributed by atoms with E-state index in [1.165, 1.54) is 24.3 Å². The summed E-state index contributed by atoms with van der Waals surface area (Å²) in [5.74, 6) is 0.421. The molecule has 1 atom stereocenters. The van der Waals surface area contributed by atoms with Gasteiger partial charge in [-0.05, 0) is 71.6 Å². The molecule has 0 aliphatic heterocycles. The molecule has 1 N–H and O–H groups in total. The van der Waals surface area contributed by atoms with Crippen molar-refractivity contribution in [2.45, 2.75) is 44.6 Å². The number of aliphatic hydroxyl groups excluding tert-OH is 1. The monoisotopic (exact) mass is 607 g/mol. The van der Waals surface area contributed by atoms with Crippen LogP contribution in [-0.4, -0.2) is 24.2 Å². The highest BCUT2D eigenvalue weighted by Gasteiger charge is 2.44. The van der Waals surface area contributed by atoms with Gasteiger partial charge >= 0.3 is 18.7 Å². The molecule has 0 aliphatic carbocycles. The first-order chi connectivity index (χ1) is 20.4. The molecule has 43 heavy (non-hydrogen) atoms. The van der Waals surface area contributed by atoms with Gasteiger partial charge in [0.2, 0.25) is 0 Å². The Balaban J connectivity index is 1.74. The highest BCUT2D eigenvalue weighted by molar-refractivity contribution is 5.54. The Morgan fingerprint density at radius 3 is 2.00 bits per heavy atom. The number of anilines is 1. The number of hydrogen-bond acceptors (Lipinski definition) is 4. The molecule has 4 aromatic rings. The zero-order valence-electron chi connectivity index (χ0n) is 22.9. The fourth-order valence-corrected chi connectivity index (χ4v) is 4.48. The number of hydrogen-bond donors (Lipinski definition) is 1. The van der Waals surface area contributed by atoms with Crippen molar-refractivity contribution in [3.63, 3.8) is 0 Å². The topological polar surface area (TPSA) is 41.9 Å². The molecule has 1 unspecified atom stereocenters. The third kappa shape index (κ3) is 8.19. The SMILES string of the molecule is CCc1cccc(Oc2cccc(N(Cc3cccc(OC(F)(F)C(F)F)c3)C(CO)c3cccc(C(F)(F)F)c3)c2)c1. The predicted octanol–water partition coefficient (Wildman–Crippen LogP) is 9.04. The third-order valence-electron chi connectivity index (χ3n) is 6.60. The van der Waals surface area contributed by atoms with E-state index in [9.17, 15) is 35.8 Å². The lowest BCUT2D eigenvalue weighted by atomic mass is 10.0. The molecular weight excluding hydrogens is 579 g/mol. The van der Waals surface area contributed by atoms with Gasteiger partial charge in [-0.3, -0.25) is 0 Å². The van der Waals surface area contributed by atoms with Crippen molar-refractivity contribution in [2.24, 2.45) is 0 Å². The lowest BCUT2D eigenvalue weighted by Gasteiger charge is -2.34. The molecule has 0 radical (unpaired) electrons. The van der Waals surface area contributed by atoms with Crippen LogP contribution in [0.5, 0.6) is 17.2 Å². The second-order valence-electron chi connectivity index (χ2n) is 9.66. The molecular formula is C32H28F7NO3. The van der Waals surface area contributed by atoms with E-state index in [-0.39, 0.29) is 12.1 Å². The van der Waals surface area contributed by atoms with Crippen molar-refractivity contribution < 1.29 is 45.3 Å². The lowest BCUT2D eigenvalue weighted by molar-refractivity contribution is -0.253. The fraction of sp³-hybridized carbons (Fsp3) is 0.250. The maximum atomic E-state index is 13.6. The van der Waals surface area contributed by atoms with Crippen molar-refractivity contribution >= 4 is 5.69 Å². The van der Waals surface area contributed by atoms with E-state index in [2.05, 4.69) is 4.74 Å². The summed E-state index contributed by atoms with van der Waals surface area (Å²) in [7, 11) is 0. The molecule has 0 aliphatic rings. The second kappa shape index (κ2) is 13.4. The molecule has 4 rings (SSSR count). The summed E-state index contributed by atoms with van der Waals surface area (Å²) in [6.45, 7) is 1.24. The molecule has 0 spiro atoms. The summed E-state index contributed by atoms with van der Waals surface area (Å²) in [5, 5.41) is 10.5. The van der Waals surface area contributed by atoms with Gasteiger partial charge in [0.15, 0.2) is 0 Å². The Morgan fingerprint density at radius 1 is 0.744 bits per heavy atom. The van der Waals surface area contributed by atoms with Crippen LogP contribution in [0.4, 0.5) is 36.4 Å². The van der Waals surface area contributed by atoms with E-state index in [0.717, 1.165) is 36.2 Å². The van der Waals surface area contributed by atoms with Gasteiger partial charge in [-0.15, -0.1) is 0 Å². The Labute approximate surface area is 243 Å². The van der Waals surface area contributed by atoms with Crippen molar-refractivity contribution in [3.05, 3.63) is 119 Å². The average Bonchev–Trinajstić information content (AvgIpc) is 2.97. The van der Waals surface area contributed by atoms with Crippen molar-refractivity contribution in [1.29, 1.82) is 0 Å². The fourth-order valence-electron chi connectivity index (χ4n) is 4.48. The smallest absolute Gasteiger partial charge is 0.457 e. The van der Waals surface area contributed by atoms with E-state index >= 15 is 0 Å². The van der Waals surface area contributed by atoms with Gasteiger partial charge in [0, 0.05) is 18.3 Å². The van der Waals surface area contributed by atoms with Crippen LogP contribution in [0.1, 0.15) is 35.2 Å². The minimum Gasteiger partial charge on any atom is -0.457 e. The first-order valence-electron chi connectivity index (χ1n) is 13.2. The van der Waals surface area contributed by atoms with Crippen molar-refractivity contribution in [2.75, 3.05) is 11.5 Å². The first-order valence-corrected chi connectivity index (χ1v) is 13.2. The molecule has 228 valence electrons. The van der Waals surface area contributed by atoms with Crippen LogP contribution in [-0.2, 0) is 19.1 Å². The Kier molecular flexibility index (Phi) is 9.85. The summed E-state index contributed by atoms with van der Waals surface area (Å²) >= 11 is 0. The van der Waals surface area contributed by atoms with Gasteiger partial charge in [0.05, 0.1) is 18.2 Å². The number of aliphatic hydroxyl groups is 1. The van der Waals surface area contributed by atoms with E-state index in [1.807, 2.05) is 25.1 Å². The molecule has 0 aromatic heterocycles. The van der Waals surface area contributed by atoms with Gasteiger partial charge < -0.3 is 19.5 Å². The summed E-state index contributed by atoms with van der Waals surface area (Å²) < 4.78 is 103. The highest BCUT2D eigenvalue weighted by Crippen LogP contribution is 2.36. The van der Waals surface area contributed by atoms with E-state index in [1.54, 1.807) is 35.2 Å². The number of ether oxygens (including phenoxy) is 2. The minimum absolute atomic E-state index is 0.131. The Hall–Kier alpha value is -4.25. The Morgan fingerprint density at radius 2 is 1.35 bits per heavy atom. The zero-order chi connectivity index (χ0) is 31.2. The van der Waals surface area contributed by atoms with Crippen LogP contribution in [0.25, 0.3) is 0 Å². The molecule has 0 bridgehead atoms. The maximum absolute atomic E-state index is 13.6. The van der Waals surface area contributed by atoms with Crippen LogP contribution in [0.2, 0.25) is 0 Å². The molecule has 11 heteroatoms. The number of halogens is 7. The molecule has 0 saturated heterocycles. The van der Waals surface area contributed by atoms with Crippen LogP contribution in [0.3, 0.4) is 0 Å². The van der Waals surface area contributed by atoms with Crippen LogP contribution in [0.15, 0.2) is 97.1 Å². The Bertz CT molecular complexity index is 1510. The summed E-state index contributed by atoms with van der Waals surface area (Å²) in [5.41, 5.74) is 0.983. The summed E-state index contributed by atoms with van der Waals surface area (Å²) in [6.07, 6.45) is -12.6. The molecule has 0 fully saturated rings. The standard InChI is InChI=1S/C32H28F7NO3/c1-2-21-7-3-12-26(15-21)42-27-13-6-11-25(18-27)40(29(20-41)23-9-5-10-24(17-23)31(35,36)37)19-22-8-4-14-28(16-22)43-32(38,39)30(33)34/h3-18,29-30,41H,2,19-20H2,1H3. The van der Waals surface area contributed by atoms with Gasteiger partial charge in [-0.1, -0.05) is 49.4 Å². The number of nitrogens with zero attached hydrogens (tertiary/aromatic N) is 1. The molecule has 0 heterocycles. The van der Waals surface area contributed by atoms with Gasteiger partial charge in [-0.2, -0.15) is 30.7 Å². The molecule has 0 amide bonds. The quantitative estimate of drug-likeness (QED) is 0.163. The number of benzene rings is 4. The van der Waals surface area contributed by atoms with Crippen molar-refractivity contribution in [3.8, 4) is 17.2 Å². The van der Waals surface area contributed by atoms with Crippen molar-refractivity contribution in [1.82, 2.24) is 0 Å². The normalized spacial score (nSPS) is 12.7.